The van der Waals surface area contributed by atoms with Crippen LogP contribution in [0.5, 0.6) is 0 Å². The van der Waals surface area contributed by atoms with Gasteiger partial charge in [0.1, 0.15) is 0 Å². The maximum Gasteiger partial charge on any atom is 0.422 e. The van der Waals surface area contributed by atoms with Gasteiger partial charge in [0.05, 0.1) is 5.54 Å². The van der Waals surface area contributed by atoms with Crippen LogP contribution >= 0.6 is 0 Å². The van der Waals surface area contributed by atoms with Crippen molar-refractivity contribution < 1.29 is 27.5 Å². The van der Waals surface area contributed by atoms with Crippen LogP contribution in [-0.4, -0.2) is 37.0 Å². The minimum Gasteiger partial charge on any atom is -0.440 e. The number of nitrogens with zero attached hydrogens (tertiary/aromatic N) is 1. The van der Waals surface area contributed by atoms with Crippen molar-refractivity contribution in [3.05, 3.63) is 0 Å². The predicted octanol–water partition coefficient (Wildman–Crippen LogP) is 3.20. The molecule has 0 rings (SSSR count). The first kappa shape index (κ1) is 19.4. The van der Waals surface area contributed by atoms with Crippen molar-refractivity contribution in [1.82, 2.24) is 5.32 Å². The van der Waals surface area contributed by atoms with E-state index in [9.17, 15) is 22.8 Å². The average Bonchev–Trinajstić information content (AvgIpc) is 2.34. The van der Waals surface area contributed by atoms with Gasteiger partial charge in [-0.05, 0) is 32.6 Å². The fourth-order valence-electron chi connectivity index (χ4n) is 1.55. The van der Waals surface area contributed by atoms with E-state index in [1.807, 2.05) is 20.8 Å². The number of amides is 1. The maximum absolute atomic E-state index is 11.8. The summed E-state index contributed by atoms with van der Waals surface area (Å²) < 4.78 is 39.3. The van der Waals surface area contributed by atoms with Crippen molar-refractivity contribution >= 4 is 12.2 Å². The lowest BCUT2D eigenvalue weighted by molar-refractivity contribution is -0.160. The molecule has 0 saturated carbocycles. The Labute approximate surface area is 121 Å². The van der Waals surface area contributed by atoms with Crippen LogP contribution in [0.25, 0.3) is 0 Å². The predicted molar refractivity (Wildman–Crippen MR) is 70.6 cm³/mol. The van der Waals surface area contributed by atoms with Gasteiger partial charge >= 0.3 is 12.3 Å². The number of rotatable bonds is 8. The van der Waals surface area contributed by atoms with E-state index < -0.39 is 24.4 Å². The molecule has 1 amide bonds. The molecule has 0 saturated heterocycles. The highest BCUT2D eigenvalue weighted by Gasteiger charge is 2.29. The number of halogens is 3. The summed E-state index contributed by atoms with van der Waals surface area (Å²) in [6, 6.07) is 0. The molecule has 1 atom stereocenters. The molecule has 0 heterocycles. The summed E-state index contributed by atoms with van der Waals surface area (Å²) in [5.41, 5.74) is -0.499. The van der Waals surface area contributed by atoms with E-state index >= 15 is 0 Å². The molecule has 0 aliphatic rings. The Morgan fingerprint density at radius 2 is 1.95 bits per heavy atom. The second-order valence-corrected chi connectivity index (χ2v) is 5.37. The van der Waals surface area contributed by atoms with E-state index in [2.05, 4.69) is 15.0 Å². The molecule has 1 N–H and O–H groups in total. The first-order valence-corrected chi connectivity index (χ1v) is 6.65. The molecule has 8 heteroatoms. The Balaban J connectivity index is 3.77. The van der Waals surface area contributed by atoms with E-state index in [1.165, 1.54) is 0 Å². The third kappa shape index (κ3) is 9.90. The third-order valence-corrected chi connectivity index (χ3v) is 3.24. The topological polar surface area (TPSA) is 67.8 Å². The van der Waals surface area contributed by atoms with Crippen LogP contribution in [0.3, 0.4) is 0 Å². The van der Waals surface area contributed by atoms with Gasteiger partial charge in [-0.3, -0.25) is 0 Å². The fourth-order valence-corrected chi connectivity index (χ4v) is 1.55. The molecular weight excluding hydrogens is 289 g/mol. The van der Waals surface area contributed by atoms with Gasteiger partial charge in [-0.15, -0.1) is 0 Å². The molecule has 0 spiro atoms. The fraction of sp³-hybridized carbons (Fsp3) is 0.846. The number of unbranched alkanes of at least 4 members (excludes halogenated alkanes) is 1. The van der Waals surface area contributed by atoms with Crippen LogP contribution in [0.4, 0.5) is 18.0 Å². The molecular formula is C13H21F3N2O3. The van der Waals surface area contributed by atoms with Crippen molar-refractivity contribution in [2.24, 2.45) is 10.9 Å². The van der Waals surface area contributed by atoms with Crippen molar-refractivity contribution in [3.63, 3.8) is 0 Å². The first-order valence-electron chi connectivity index (χ1n) is 6.65. The minimum atomic E-state index is -4.52. The molecule has 0 aliphatic heterocycles. The Morgan fingerprint density at radius 3 is 2.48 bits per heavy atom. The van der Waals surface area contributed by atoms with Gasteiger partial charge in [-0.2, -0.15) is 18.2 Å². The number of carbonyl (C=O) groups excluding carboxylic acids is 2. The molecule has 0 aromatic heterocycles. The standard InChI is InChI=1S/C13H21F3N2O3/c1-10(12(2,3)18-9-19)6-4-5-7-17-11(20)21-8-13(14,15)16/h10H,4-8H2,1-3H3,(H,17,20). The lowest BCUT2D eigenvalue weighted by atomic mass is 9.86. The highest BCUT2D eigenvalue weighted by molar-refractivity contribution is 5.67. The monoisotopic (exact) mass is 310 g/mol. The number of nitrogens with one attached hydrogen (secondary N) is 1. The molecule has 1 unspecified atom stereocenters. The number of hydrogen-bond donors (Lipinski definition) is 1. The number of aliphatic imine (C=N–C) groups is 1. The van der Waals surface area contributed by atoms with Crippen molar-refractivity contribution in [1.29, 1.82) is 0 Å². The van der Waals surface area contributed by atoms with E-state index in [-0.39, 0.29) is 12.5 Å². The number of alkyl halides is 3. The van der Waals surface area contributed by atoms with Gasteiger partial charge in [0.25, 0.3) is 0 Å². The number of alkyl carbamates (subject to hydrolysis) is 1. The van der Waals surface area contributed by atoms with Gasteiger partial charge in [-0.1, -0.05) is 13.3 Å². The van der Waals surface area contributed by atoms with Gasteiger partial charge in [0.15, 0.2) is 6.61 Å². The highest BCUT2D eigenvalue weighted by atomic mass is 19.4. The molecule has 0 radical (unpaired) electrons. The smallest absolute Gasteiger partial charge is 0.422 e. The molecule has 0 bridgehead atoms. The molecule has 0 aliphatic carbocycles. The lowest BCUT2D eigenvalue weighted by Crippen LogP contribution is -2.30. The molecule has 0 fully saturated rings. The number of carbonyl (C=O) groups is 1. The highest BCUT2D eigenvalue weighted by Crippen LogP contribution is 2.25. The third-order valence-electron chi connectivity index (χ3n) is 3.24. The Bertz CT molecular complexity index is 377. The molecule has 21 heavy (non-hydrogen) atoms. The Morgan fingerprint density at radius 1 is 1.33 bits per heavy atom. The maximum atomic E-state index is 11.8. The molecule has 122 valence electrons. The second kappa shape index (κ2) is 8.67. The number of isocyanates is 1. The van der Waals surface area contributed by atoms with Crippen LogP contribution < -0.4 is 5.32 Å². The normalized spacial score (nSPS) is 13.2. The van der Waals surface area contributed by atoms with Gasteiger partial charge in [-0.25, -0.2) is 9.59 Å². The molecule has 0 aromatic carbocycles. The van der Waals surface area contributed by atoms with Gasteiger partial charge in [0.2, 0.25) is 6.08 Å². The summed E-state index contributed by atoms with van der Waals surface area (Å²) in [4.78, 5) is 24.9. The van der Waals surface area contributed by atoms with Crippen LogP contribution in [0, 0.1) is 5.92 Å². The van der Waals surface area contributed by atoms with Crippen LogP contribution in [-0.2, 0) is 9.53 Å². The van der Waals surface area contributed by atoms with Crippen LogP contribution in [0.2, 0.25) is 0 Å². The van der Waals surface area contributed by atoms with E-state index in [0.717, 1.165) is 12.8 Å². The summed E-state index contributed by atoms with van der Waals surface area (Å²) in [5.74, 6) is 0.149. The number of ether oxygens (including phenoxy) is 1. The SMILES string of the molecule is CC(CCCCNC(=O)OCC(F)(F)F)C(C)(C)N=C=O. The Kier molecular flexibility index (Phi) is 8.02. The summed E-state index contributed by atoms with van der Waals surface area (Å²) in [6.45, 7) is 4.26. The van der Waals surface area contributed by atoms with Gasteiger partial charge in [0, 0.05) is 6.54 Å². The first-order chi connectivity index (χ1) is 9.58. The largest absolute Gasteiger partial charge is 0.440 e. The second-order valence-electron chi connectivity index (χ2n) is 5.37. The van der Waals surface area contributed by atoms with Gasteiger partial charge < -0.3 is 10.1 Å². The van der Waals surface area contributed by atoms with E-state index in [1.54, 1.807) is 6.08 Å². The summed E-state index contributed by atoms with van der Waals surface area (Å²) in [5, 5.41) is 2.25. The van der Waals surface area contributed by atoms with Crippen molar-refractivity contribution in [3.8, 4) is 0 Å². The number of hydrogen-bond acceptors (Lipinski definition) is 4. The summed E-state index contributed by atoms with van der Waals surface area (Å²) in [7, 11) is 0. The molecule has 5 nitrogen and oxygen atoms in total. The van der Waals surface area contributed by atoms with Crippen LogP contribution in [0.15, 0.2) is 4.99 Å². The molecule has 0 aromatic rings. The van der Waals surface area contributed by atoms with E-state index in [0.29, 0.717) is 6.42 Å². The zero-order chi connectivity index (χ0) is 16.5. The quantitative estimate of drug-likeness (QED) is 0.425. The zero-order valence-corrected chi connectivity index (χ0v) is 12.4. The van der Waals surface area contributed by atoms with E-state index in [4.69, 9.17) is 0 Å². The van der Waals surface area contributed by atoms with Crippen LogP contribution in [0.1, 0.15) is 40.0 Å². The average molecular weight is 310 g/mol. The lowest BCUT2D eigenvalue weighted by Gasteiger charge is -2.25. The zero-order valence-electron chi connectivity index (χ0n) is 12.4. The van der Waals surface area contributed by atoms with Crippen molar-refractivity contribution in [2.45, 2.75) is 51.7 Å². The van der Waals surface area contributed by atoms with Crippen molar-refractivity contribution in [2.75, 3.05) is 13.2 Å². The summed E-state index contributed by atoms with van der Waals surface area (Å²) >= 11 is 0. The minimum absolute atomic E-state index is 0.149. The Hall–Kier alpha value is -1.56. The summed E-state index contributed by atoms with van der Waals surface area (Å²) in [6.07, 6.45) is -1.93.